The minimum absolute atomic E-state index is 0.0599. The molecular weight excluding hydrogens is 452 g/mol. The van der Waals surface area contributed by atoms with Crippen LogP contribution in [0.4, 0.5) is 20.4 Å². The van der Waals surface area contributed by atoms with Crippen LogP contribution in [0.3, 0.4) is 0 Å². The zero-order chi connectivity index (χ0) is 23.8. The summed E-state index contributed by atoms with van der Waals surface area (Å²) in [4.78, 5) is 25.0. The van der Waals surface area contributed by atoms with Crippen LogP contribution in [0.25, 0.3) is 0 Å². The minimum Gasteiger partial charge on any atom is -0.371 e. The Morgan fingerprint density at radius 2 is 1.73 bits per heavy atom. The quantitative estimate of drug-likeness (QED) is 0.680. The first-order valence-corrected chi connectivity index (χ1v) is 12.9. The summed E-state index contributed by atoms with van der Waals surface area (Å²) in [6.07, 6.45) is 7.35. The first kappa shape index (κ1) is 23.3. The Morgan fingerprint density at radius 3 is 2.33 bits per heavy atom. The largest absolute Gasteiger partial charge is 0.371 e. The number of carbonyl (C=O) groups is 1. The van der Waals surface area contributed by atoms with Crippen LogP contribution < -0.4 is 10.2 Å². The maximum absolute atomic E-state index is 14.4. The molecule has 2 aromatic rings. The van der Waals surface area contributed by atoms with Crippen molar-refractivity contribution in [2.45, 2.75) is 49.6 Å². The molecule has 178 valence electrons. The van der Waals surface area contributed by atoms with E-state index in [0.29, 0.717) is 25.0 Å². The second kappa shape index (κ2) is 9.20. The van der Waals surface area contributed by atoms with Gasteiger partial charge >= 0.3 is 0 Å². The van der Waals surface area contributed by atoms with E-state index in [1.807, 2.05) is 12.4 Å². The van der Waals surface area contributed by atoms with Crippen LogP contribution in [0.1, 0.15) is 31.7 Å². The van der Waals surface area contributed by atoms with Crippen LogP contribution in [0.5, 0.6) is 0 Å². The van der Waals surface area contributed by atoms with Crippen molar-refractivity contribution in [1.82, 2.24) is 14.9 Å². The number of hydrogen-bond acceptors (Lipinski definition) is 7. The van der Waals surface area contributed by atoms with Crippen molar-refractivity contribution in [2.75, 3.05) is 36.1 Å². The molecule has 0 radical (unpaired) electrons. The molecule has 1 atom stereocenters. The van der Waals surface area contributed by atoms with Crippen molar-refractivity contribution in [1.29, 1.82) is 0 Å². The maximum atomic E-state index is 14.4. The van der Waals surface area contributed by atoms with Gasteiger partial charge in [-0.2, -0.15) is 0 Å². The fraction of sp³-hybridized carbons (Fsp3) is 0.500. The molecule has 11 heteroatoms. The number of hydrogen-bond donors (Lipinski definition) is 1. The van der Waals surface area contributed by atoms with E-state index in [-0.39, 0.29) is 17.6 Å². The number of likely N-dealkylation sites (tertiary alicyclic amines) is 1. The molecule has 2 saturated heterocycles. The SMILES string of the molecule is CCc1cnc(N2CCC(N3CC[C@H](Nc4cc(F)c(S(C)(=O)=O)cc4F)C3=O)CC2)nc1. The van der Waals surface area contributed by atoms with Gasteiger partial charge in [-0.05, 0) is 37.3 Å². The van der Waals surface area contributed by atoms with Gasteiger partial charge in [0.25, 0.3) is 0 Å². The normalized spacial score (nSPS) is 19.9. The Hall–Kier alpha value is -2.82. The summed E-state index contributed by atoms with van der Waals surface area (Å²) in [7, 11) is -3.89. The summed E-state index contributed by atoms with van der Waals surface area (Å²) >= 11 is 0. The van der Waals surface area contributed by atoms with E-state index in [1.165, 1.54) is 0 Å². The number of rotatable bonds is 6. The number of sulfone groups is 1. The fourth-order valence-electron chi connectivity index (χ4n) is 4.38. The summed E-state index contributed by atoms with van der Waals surface area (Å²) in [6.45, 7) is 4.03. The molecule has 8 nitrogen and oxygen atoms in total. The van der Waals surface area contributed by atoms with Crippen molar-refractivity contribution >= 4 is 27.4 Å². The third kappa shape index (κ3) is 4.92. The second-order valence-electron chi connectivity index (χ2n) is 8.51. The summed E-state index contributed by atoms with van der Waals surface area (Å²) in [5, 5.41) is 2.76. The zero-order valence-corrected chi connectivity index (χ0v) is 19.4. The average Bonchev–Trinajstić information content (AvgIpc) is 3.15. The van der Waals surface area contributed by atoms with Gasteiger partial charge in [0.15, 0.2) is 9.84 Å². The van der Waals surface area contributed by atoms with Crippen molar-refractivity contribution < 1.29 is 22.0 Å². The van der Waals surface area contributed by atoms with Gasteiger partial charge in [0.05, 0.1) is 5.69 Å². The van der Waals surface area contributed by atoms with Crippen LogP contribution in [0.2, 0.25) is 0 Å². The number of nitrogens with one attached hydrogen (secondary N) is 1. The molecular formula is C22H27F2N5O3S. The smallest absolute Gasteiger partial charge is 0.245 e. The van der Waals surface area contributed by atoms with Gasteiger partial charge in [-0.1, -0.05) is 6.92 Å². The van der Waals surface area contributed by atoms with E-state index in [4.69, 9.17) is 0 Å². The Morgan fingerprint density at radius 1 is 1.06 bits per heavy atom. The van der Waals surface area contributed by atoms with Crippen LogP contribution in [-0.2, 0) is 21.1 Å². The second-order valence-corrected chi connectivity index (χ2v) is 10.5. The van der Waals surface area contributed by atoms with Gasteiger partial charge in [0.1, 0.15) is 22.6 Å². The molecule has 1 aromatic heterocycles. The molecule has 1 N–H and O–H groups in total. The van der Waals surface area contributed by atoms with E-state index in [2.05, 4.69) is 27.1 Å². The van der Waals surface area contributed by atoms with Gasteiger partial charge in [0.2, 0.25) is 11.9 Å². The lowest BCUT2D eigenvalue weighted by Gasteiger charge is -2.36. The predicted octanol–water partition coefficient (Wildman–Crippen LogP) is 2.40. The van der Waals surface area contributed by atoms with E-state index >= 15 is 0 Å². The van der Waals surface area contributed by atoms with Crippen molar-refractivity contribution in [2.24, 2.45) is 0 Å². The molecule has 3 heterocycles. The third-order valence-electron chi connectivity index (χ3n) is 6.28. The van der Waals surface area contributed by atoms with Crippen molar-refractivity contribution in [3.05, 3.63) is 41.7 Å². The highest BCUT2D eigenvalue weighted by atomic mass is 32.2. The molecule has 0 aliphatic carbocycles. The number of halogens is 2. The van der Waals surface area contributed by atoms with Crippen LogP contribution in [0, 0.1) is 11.6 Å². The Bertz CT molecular complexity index is 1140. The number of nitrogens with zero attached hydrogens (tertiary/aromatic N) is 4. The van der Waals surface area contributed by atoms with E-state index < -0.39 is 32.4 Å². The standard InChI is InChI=1S/C22H27F2N5O3S/c1-3-14-12-25-22(26-13-14)28-7-4-15(5-8-28)29-9-6-18(21(29)30)27-19-10-17(24)20(11-16(19)23)33(2,31)32/h10-13,15,18,27H,3-9H2,1-2H3/t18-/m0/s1. The topological polar surface area (TPSA) is 95.5 Å². The highest BCUT2D eigenvalue weighted by molar-refractivity contribution is 7.90. The molecule has 0 unspecified atom stereocenters. The predicted molar refractivity (Wildman–Crippen MR) is 120 cm³/mol. The summed E-state index contributed by atoms with van der Waals surface area (Å²) in [5.74, 6) is -1.44. The molecule has 0 bridgehead atoms. The molecule has 0 spiro atoms. The average molecular weight is 480 g/mol. The van der Waals surface area contributed by atoms with Gasteiger partial charge in [-0.3, -0.25) is 4.79 Å². The molecule has 2 fully saturated rings. The molecule has 4 rings (SSSR count). The summed E-state index contributed by atoms with van der Waals surface area (Å²) in [6, 6.07) is 0.814. The summed E-state index contributed by atoms with van der Waals surface area (Å²) in [5.41, 5.74) is 0.861. The summed E-state index contributed by atoms with van der Waals surface area (Å²) < 4.78 is 51.7. The lowest BCUT2D eigenvalue weighted by Crippen LogP contribution is -2.47. The highest BCUT2D eigenvalue weighted by Crippen LogP contribution is 2.28. The third-order valence-corrected chi connectivity index (χ3v) is 7.39. The fourth-order valence-corrected chi connectivity index (χ4v) is 5.11. The molecule has 1 aromatic carbocycles. The number of aryl methyl sites for hydroxylation is 1. The molecule has 33 heavy (non-hydrogen) atoms. The van der Waals surface area contributed by atoms with E-state index in [1.54, 1.807) is 4.90 Å². The van der Waals surface area contributed by atoms with Crippen molar-refractivity contribution in [3.63, 3.8) is 0 Å². The molecule has 0 saturated carbocycles. The van der Waals surface area contributed by atoms with Gasteiger partial charge in [-0.15, -0.1) is 0 Å². The maximum Gasteiger partial charge on any atom is 0.245 e. The Labute approximate surface area is 191 Å². The first-order chi connectivity index (χ1) is 15.7. The van der Waals surface area contributed by atoms with Gasteiger partial charge < -0.3 is 15.1 Å². The number of carbonyl (C=O) groups excluding carboxylic acids is 1. The lowest BCUT2D eigenvalue weighted by atomic mass is 10.0. The number of piperidine rings is 1. The van der Waals surface area contributed by atoms with Gasteiger partial charge in [0, 0.05) is 50.4 Å². The van der Waals surface area contributed by atoms with Crippen LogP contribution in [0.15, 0.2) is 29.4 Å². The van der Waals surface area contributed by atoms with Gasteiger partial charge in [-0.25, -0.2) is 27.2 Å². The number of aromatic nitrogens is 2. The number of benzene rings is 1. The zero-order valence-electron chi connectivity index (χ0n) is 18.6. The Balaban J connectivity index is 1.37. The Kier molecular flexibility index (Phi) is 6.51. The molecule has 1 amide bonds. The number of anilines is 2. The monoisotopic (exact) mass is 479 g/mol. The van der Waals surface area contributed by atoms with Crippen LogP contribution in [-0.4, -0.2) is 67.2 Å². The van der Waals surface area contributed by atoms with Crippen LogP contribution >= 0.6 is 0 Å². The highest BCUT2D eigenvalue weighted by Gasteiger charge is 2.38. The minimum atomic E-state index is -3.89. The van der Waals surface area contributed by atoms with E-state index in [9.17, 15) is 22.0 Å². The van der Waals surface area contributed by atoms with Crippen molar-refractivity contribution in [3.8, 4) is 0 Å². The first-order valence-electron chi connectivity index (χ1n) is 11.0. The lowest BCUT2D eigenvalue weighted by molar-refractivity contribution is -0.130. The molecule has 2 aliphatic heterocycles. The number of amides is 1. The molecule has 2 aliphatic rings. The van der Waals surface area contributed by atoms with E-state index in [0.717, 1.165) is 50.2 Å².